The quantitative estimate of drug-likeness (QED) is 0.274. The number of hydrogen-bond donors (Lipinski definition) is 2. The Morgan fingerprint density at radius 1 is 1.21 bits per heavy atom. The van der Waals surface area contributed by atoms with Crippen LogP contribution < -0.4 is 15.4 Å². The first-order valence-corrected chi connectivity index (χ1v) is 10.8. The number of guanidine groups is 1. The highest BCUT2D eigenvalue weighted by Gasteiger charge is 2.12. The van der Waals surface area contributed by atoms with E-state index in [-0.39, 0.29) is 0 Å². The number of nitrogens with one attached hydrogen (secondary N) is 2. The minimum atomic E-state index is 0.569. The van der Waals surface area contributed by atoms with Gasteiger partial charge in [0.05, 0.1) is 7.11 Å². The molecule has 0 bridgehead atoms. The van der Waals surface area contributed by atoms with E-state index in [1.54, 1.807) is 25.9 Å². The fraction of sp³-hybridized carbons (Fsp3) is 0.550. The SMILES string of the molecule is CN=C(NCCCc1nnc(SC)n1CC(C)C)NCc1ccc(OC)cc1. The van der Waals surface area contributed by atoms with Gasteiger partial charge in [-0.05, 0) is 36.3 Å². The van der Waals surface area contributed by atoms with Crippen molar-refractivity contribution in [2.75, 3.05) is 27.0 Å². The Kier molecular flexibility index (Phi) is 9.13. The molecule has 2 N–H and O–H groups in total. The van der Waals surface area contributed by atoms with E-state index in [9.17, 15) is 0 Å². The Morgan fingerprint density at radius 2 is 1.96 bits per heavy atom. The topological polar surface area (TPSA) is 76.4 Å². The highest BCUT2D eigenvalue weighted by Crippen LogP contribution is 2.16. The smallest absolute Gasteiger partial charge is 0.191 e. The van der Waals surface area contributed by atoms with Crippen molar-refractivity contribution in [3.8, 4) is 5.75 Å². The fourth-order valence-electron chi connectivity index (χ4n) is 2.81. The maximum absolute atomic E-state index is 5.19. The van der Waals surface area contributed by atoms with E-state index in [0.717, 1.165) is 48.6 Å². The Labute approximate surface area is 172 Å². The highest BCUT2D eigenvalue weighted by molar-refractivity contribution is 7.98. The molecule has 0 spiro atoms. The molecule has 2 aromatic rings. The van der Waals surface area contributed by atoms with Crippen molar-refractivity contribution in [3.05, 3.63) is 35.7 Å². The molecule has 1 aromatic heterocycles. The van der Waals surface area contributed by atoms with Crippen molar-refractivity contribution in [3.63, 3.8) is 0 Å². The van der Waals surface area contributed by atoms with Gasteiger partial charge in [-0.25, -0.2) is 0 Å². The third kappa shape index (κ3) is 6.74. The minimum Gasteiger partial charge on any atom is -0.497 e. The number of benzene rings is 1. The summed E-state index contributed by atoms with van der Waals surface area (Å²) in [5, 5.41) is 16.4. The van der Waals surface area contributed by atoms with Crippen LogP contribution in [-0.2, 0) is 19.5 Å². The third-order valence-corrected chi connectivity index (χ3v) is 4.90. The largest absolute Gasteiger partial charge is 0.497 e. The van der Waals surface area contributed by atoms with Crippen LogP contribution in [0.2, 0.25) is 0 Å². The second-order valence-electron chi connectivity index (χ2n) is 6.91. The number of aromatic nitrogens is 3. The Morgan fingerprint density at radius 3 is 2.57 bits per heavy atom. The summed E-state index contributed by atoms with van der Waals surface area (Å²) < 4.78 is 7.43. The summed E-state index contributed by atoms with van der Waals surface area (Å²) in [7, 11) is 3.46. The van der Waals surface area contributed by atoms with Gasteiger partial charge in [-0.2, -0.15) is 0 Å². The average molecular weight is 405 g/mol. The summed E-state index contributed by atoms with van der Waals surface area (Å²) in [4.78, 5) is 4.29. The molecule has 28 heavy (non-hydrogen) atoms. The lowest BCUT2D eigenvalue weighted by atomic mass is 10.2. The lowest BCUT2D eigenvalue weighted by Crippen LogP contribution is -2.37. The van der Waals surface area contributed by atoms with Gasteiger partial charge in [0.25, 0.3) is 0 Å². The lowest BCUT2D eigenvalue weighted by molar-refractivity contribution is 0.414. The van der Waals surface area contributed by atoms with E-state index in [0.29, 0.717) is 12.5 Å². The van der Waals surface area contributed by atoms with E-state index in [1.165, 1.54) is 5.56 Å². The average Bonchev–Trinajstić information content (AvgIpc) is 3.08. The molecule has 0 saturated heterocycles. The van der Waals surface area contributed by atoms with Gasteiger partial charge in [0.15, 0.2) is 11.1 Å². The molecule has 2 rings (SSSR count). The normalized spacial score (nSPS) is 11.7. The molecule has 154 valence electrons. The number of hydrogen-bond acceptors (Lipinski definition) is 5. The first-order chi connectivity index (χ1) is 13.6. The molecule has 0 fully saturated rings. The number of aliphatic imine (C=N–C) groups is 1. The third-order valence-electron chi connectivity index (χ3n) is 4.24. The zero-order valence-electron chi connectivity index (χ0n) is 17.5. The first-order valence-electron chi connectivity index (χ1n) is 9.60. The lowest BCUT2D eigenvalue weighted by Gasteiger charge is -2.13. The van der Waals surface area contributed by atoms with Crippen LogP contribution in [-0.4, -0.2) is 47.7 Å². The second kappa shape index (κ2) is 11.6. The number of aryl methyl sites for hydroxylation is 1. The van der Waals surface area contributed by atoms with Gasteiger partial charge in [0.2, 0.25) is 0 Å². The Bertz CT molecular complexity index is 742. The Balaban J connectivity index is 1.77. The van der Waals surface area contributed by atoms with Gasteiger partial charge in [0.1, 0.15) is 11.6 Å². The van der Waals surface area contributed by atoms with Crippen LogP contribution in [0.15, 0.2) is 34.4 Å². The van der Waals surface area contributed by atoms with E-state index in [2.05, 4.69) is 44.2 Å². The number of methoxy groups -OCH3 is 1. The van der Waals surface area contributed by atoms with Gasteiger partial charge >= 0.3 is 0 Å². The summed E-state index contributed by atoms with van der Waals surface area (Å²) in [5.41, 5.74) is 1.18. The van der Waals surface area contributed by atoms with Crippen LogP contribution in [0, 0.1) is 5.92 Å². The van der Waals surface area contributed by atoms with Gasteiger partial charge in [0, 0.05) is 33.1 Å². The molecule has 0 aliphatic carbocycles. The summed E-state index contributed by atoms with van der Waals surface area (Å²) in [6.45, 7) is 6.92. The number of rotatable bonds is 10. The minimum absolute atomic E-state index is 0.569. The Hall–Kier alpha value is -2.22. The van der Waals surface area contributed by atoms with Crippen molar-refractivity contribution in [1.82, 2.24) is 25.4 Å². The molecular weight excluding hydrogens is 372 g/mol. The van der Waals surface area contributed by atoms with Crippen molar-refractivity contribution >= 4 is 17.7 Å². The zero-order chi connectivity index (χ0) is 20.4. The van der Waals surface area contributed by atoms with Crippen molar-refractivity contribution in [2.45, 2.75) is 44.9 Å². The summed E-state index contributed by atoms with van der Waals surface area (Å²) >= 11 is 1.65. The molecule has 7 nitrogen and oxygen atoms in total. The van der Waals surface area contributed by atoms with E-state index < -0.39 is 0 Å². The molecule has 0 atom stereocenters. The molecule has 1 aromatic carbocycles. The zero-order valence-corrected chi connectivity index (χ0v) is 18.3. The molecular formula is C20H32N6OS. The molecule has 0 aliphatic heterocycles. The van der Waals surface area contributed by atoms with Crippen LogP contribution in [0.1, 0.15) is 31.7 Å². The van der Waals surface area contributed by atoms with E-state index in [1.807, 2.05) is 30.5 Å². The number of nitrogens with zero attached hydrogens (tertiary/aromatic N) is 4. The van der Waals surface area contributed by atoms with Crippen LogP contribution in [0.4, 0.5) is 0 Å². The van der Waals surface area contributed by atoms with Crippen LogP contribution >= 0.6 is 11.8 Å². The fourth-order valence-corrected chi connectivity index (χ4v) is 3.33. The molecule has 1 heterocycles. The maximum atomic E-state index is 5.19. The van der Waals surface area contributed by atoms with Gasteiger partial charge in [-0.15, -0.1) is 10.2 Å². The number of ether oxygens (including phenoxy) is 1. The van der Waals surface area contributed by atoms with E-state index >= 15 is 0 Å². The van der Waals surface area contributed by atoms with Gasteiger partial charge in [-0.1, -0.05) is 37.7 Å². The summed E-state index contributed by atoms with van der Waals surface area (Å²) in [6.07, 6.45) is 3.90. The monoisotopic (exact) mass is 404 g/mol. The predicted octanol–water partition coefficient (Wildman–Crippen LogP) is 2.96. The summed E-state index contributed by atoms with van der Waals surface area (Å²) in [5.74, 6) is 3.28. The molecule has 0 radical (unpaired) electrons. The molecule has 8 heteroatoms. The van der Waals surface area contributed by atoms with Crippen LogP contribution in [0.25, 0.3) is 0 Å². The van der Waals surface area contributed by atoms with Crippen molar-refractivity contribution in [1.29, 1.82) is 0 Å². The van der Waals surface area contributed by atoms with Crippen LogP contribution in [0.3, 0.4) is 0 Å². The van der Waals surface area contributed by atoms with Gasteiger partial charge < -0.3 is 19.9 Å². The molecule has 0 amide bonds. The second-order valence-corrected chi connectivity index (χ2v) is 7.68. The maximum Gasteiger partial charge on any atom is 0.191 e. The van der Waals surface area contributed by atoms with Crippen LogP contribution in [0.5, 0.6) is 5.75 Å². The number of thioether (sulfide) groups is 1. The molecule has 0 aliphatic rings. The van der Waals surface area contributed by atoms with Crippen molar-refractivity contribution < 1.29 is 4.74 Å². The summed E-state index contributed by atoms with van der Waals surface area (Å²) in [6, 6.07) is 8.01. The predicted molar refractivity (Wildman–Crippen MR) is 116 cm³/mol. The standard InChI is InChI=1S/C20H32N6OS/c1-15(2)14-26-18(24-25-20(26)28-5)7-6-12-22-19(21-3)23-13-16-8-10-17(27-4)11-9-16/h8-11,15H,6-7,12-14H2,1-5H3,(H2,21,22,23). The van der Waals surface area contributed by atoms with Crippen molar-refractivity contribution in [2.24, 2.45) is 10.9 Å². The van der Waals surface area contributed by atoms with Gasteiger partial charge in [-0.3, -0.25) is 4.99 Å². The van der Waals surface area contributed by atoms with E-state index in [4.69, 9.17) is 4.74 Å². The first kappa shape index (κ1) is 22.1. The molecule has 0 unspecified atom stereocenters. The highest BCUT2D eigenvalue weighted by atomic mass is 32.2. The molecule has 0 saturated carbocycles.